The first-order valence-electron chi connectivity index (χ1n) is 7.71. The molecule has 0 saturated carbocycles. The summed E-state index contributed by atoms with van der Waals surface area (Å²) in [5.74, 6) is 0.169. The van der Waals surface area contributed by atoms with E-state index in [0.717, 1.165) is 18.4 Å². The Morgan fingerprint density at radius 3 is 2.52 bits per heavy atom. The molecule has 1 amide bonds. The van der Waals surface area contributed by atoms with Gasteiger partial charge in [-0.15, -0.1) is 0 Å². The van der Waals surface area contributed by atoms with Gasteiger partial charge in [-0.2, -0.15) is 0 Å². The van der Waals surface area contributed by atoms with Crippen molar-refractivity contribution in [2.45, 2.75) is 51.4 Å². The molecule has 1 aromatic rings. The lowest BCUT2D eigenvalue weighted by atomic mass is 9.99. The molecular weight excluding hydrogens is 264 g/mol. The highest BCUT2D eigenvalue weighted by atomic mass is 16.5. The van der Waals surface area contributed by atoms with Crippen molar-refractivity contribution in [1.29, 1.82) is 0 Å². The molecule has 0 radical (unpaired) electrons. The number of rotatable bonds is 6. The van der Waals surface area contributed by atoms with Crippen LogP contribution in [-0.4, -0.2) is 36.1 Å². The van der Waals surface area contributed by atoms with E-state index in [9.17, 15) is 4.79 Å². The number of amides is 1. The highest BCUT2D eigenvalue weighted by Crippen LogP contribution is 2.34. The largest absolute Gasteiger partial charge is 0.383 e. The zero-order valence-corrected chi connectivity index (χ0v) is 13.4. The van der Waals surface area contributed by atoms with Crippen LogP contribution in [0.3, 0.4) is 0 Å². The van der Waals surface area contributed by atoms with Gasteiger partial charge in [0.1, 0.15) is 6.17 Å². The Morgan fingerprint density at radius 2 is 2.00 bits per heavy atom. The van der Waals surface area contributed by atoms with Crippen LogP contribution in [-0.2, 0) is 9.53 Å². The van der Waals surface area contributed by atoms with Crippen LogP contribution in [0.15, 0.2) is 30.3 Å². The molecule has 4 nitrogen and oxygen atoms in total. The highest BCUT2D eigenvalue weighted by Gasteiger charge is 2.49. The molecule has 1 aromatic carbocycles. The highest BCUT2D eigenvalue weighted by molar-refractivity contribution is 5.88. The number of hydrogen-bond acceptors (Lipinski definition) is 3. The Balaban J connectivity index is 2.38. The van der Waals surface area contributed by atoms with Crippen LogP contribution in [0.5, 0.6) is 0 Å². The summed E-state index contributed by atoms with van der Waals surface area (Å²) < 4.78 is 5.32. The van der Waals surface area contributed by atoms with Gasteiger partial charge >= 0.3 is 0 Å². The van der Waals surface area contributed by atoms with Crippen LogP contribution >= 0.6 is 0 Å². The smallest absolute Gasteiger partial charge is 0.244 e. The first-order valence-corrected chi connectivity index (χ1v) is 7.71. The molecule has 1 heterocycles. The van der Waals surface area contributed by atoms with Crippen molar-refractivity contribution in [2.24, 2.45) is 0 Å². The third-order valence-corrected chi connectivity index (χ3v) is 4.49. The standard InChI is InChI=1S/C17H26N2O2/c1-5-14(12-21-4)19-15(13-10-8-7-9-11-13)18-17(3,6-2)16(19)20/h7-11,14-15,18H,5-6,12H2,1-4H3. The van der Waals surface area contributed by atoms with Gasteiger partial charge in [-0.1, -0.05) is 44.2 Å². The molecule has 3 atom stereocenters. The van der Waals surface area contributed by atoms with Gasteiger partial charge in [-0.3, -0.25) is 10.1 Å². The first-order chi connectivity index (χ1) is 10.1. The molecule has 1 aliphatic heterocycles. The Bertz CT molecular complexity index is 477. The number of nitrogens with one attached hydrogen (secondary N) is 1. The third-order valence-electron chi connectivity index (χ3n) is 4.49. The second-order valence-electron chi connectivity index (χ2n) is 5.87. The molecule has 0 spiro atoms. The zero-order valence-electron chi connectivity index (χ0n) is 13.4. The fourth-order valence-corrected chi connectivity index (χ4v) is 2.93. The molecule has 0 aromatic heterocycles. The van der Waals surface area contributed by atoms with Crippen molar-refractivity contribution in [2.75, 3.05) is 13.7 Å². The van der Waals surface area contributed by atoms with E-state index in [1.54, 1.807) is 7.11 Å². The number of hydrogen-bond donors (Lipinski definition) is 1. The molecular formula is C17H26N2O2. The van der Waals surface area contributed by atoms with Crippen molar-refractivity contribution in [3.8, 4) is 0 Å². The zero-order chi connectivity index (χ0) is 15.5. The van der Waals surface area contributed by atoms with E-state index in [1.807, 2.05) is 36.9 Å². The SMILES string of the molecule is CCC(COC)N1C(=O)C(C)(CC)NC1c1ccccc1. The summed E-state index contributed by atoms with van der Waals surface area (Å²) in [6, 6.07) is 10.2. The van der Waals surface area contributed by atoms with Gasteiger partial charge < -0.3 is 9.64 Å². The molecule has 1 aliphatic rings. The average molecular weight is 290 g/mol. The van der Waals surface area contributed by atoms with Gasteiger partial charge in [-0.05, 0) is 25.3 Å². The molecule has 116 valence electrons. The maximum atomic E-state index is 12.9. The first kappa shape index (κ1) is 16.0. The Morgan fingerprint density at radius 1 is 1.33 bits per heavy atom. The third kappa shape index (κ3) is 2.97. The lowest BCUT2D eigenvalue weighted by Crippen LogP contribution is -2.45. The molecule has 3 unspecified atom stereocenters. The van der Waals surface area contributed by atoms with Gasteiger partial charge in [0.15, 0.2) is 0 Å². The maximum absolute atomic E-state index is 12.9. The minimum Gasteiger partial charge on any atom is -0.383 e. The Labute approximate surface area is 127 Å². The number of carbonyl (C=O) groups is 1. The van der Waals surface area contributed by atoms with Crippen molar-refractivity contribution in [3.63, 3.8) is 0 Å². The summed E-state index contributed by atoms with van der Waals surface area (Å²) in [7, 11) is 1.69. The van der Waals surface area contributed by atoms with Crippen molar-refractivity contribution in [3.05, 3.63) is 35.9 Å². The van der Waals surface area contributed by atoms with Crippen LogP contribution < -0.4 is 5.32 Å². The molecule has 21 heavy (non-hydrogen) atoms. The van der Waals surface area contributed by atoms with Crippen LogP contribution in [0.2, 0.25) is 0 Å². The average Bonchev–Trinajstić information content (AvgIpc) is 2.79. The minimum absolute atomic E-state index is 0.0799. The number of benzene rings is 1. The van der Waals surface area contributed by atoms with Crippen molar-refractivity contribution < 1.29 is 9.53 Å². The van der Waals surface area contributed by atoms with E-state index in [1.165, 1.54) is 0 Å². The topological polar surface area (TPSA) is 41.6 Å². The Hall–Kier alpha value is -1.39. The maximum Gasteiger partial charge on any atom is 0.244 e. The fraction of sp³-hybridized carbons (Fsp3) is 0.588. The second-order valence-corrected chi connectivity index (χ2v) is 5.87. The lowest BCUT2D eigenvalue weighted by Gasteiger charge is -2.32. The van der Waals surface area contributed by atoms with E-state index >= 15 is 0 Å². The molecule has 0 aliphatic carbocycles. The van der Waals surface area contributed by atoms with Crippen molar-refractivity contribution in [1.82, 2.24) is 10.2 Å². The number of carbonyl (C=O) groups excluding carboxylic acids is 1. The van der Waals surface area contributed by atoms with Crippen LogP contribution in [0.25, 0.3) is 0 Å². The molecule has 2 rings (SSSR count). The molecule has 1 N–H and O–H groups in total. The molecule has 1 saturated heterocycles. The summed E-state index contributed by atoms with van der Waals surface area (Å²) in [6.07, 6.45) is 1.57. The molecule has 1 fully saturated rings. The van der Waals surface area contributed by atoms with Crippen LogP contribution in [0.1, 0.15) is 45.3 Å². The minimum atomic E-state index is -0.498. The predicted molar refractivity (Wildman–Crippen MR) is 83.8 cm³/mol. The lowest BCUT2D eigenvalue weighted by molar-refractivity contribution is -0.136. The van der Waals surface area contributed by atoms with E-state index in [0.29, 0.717) is 6.61 Å². The predicted octanol–water partition coefficient (Wildman–Crippen LogP) is 2.71. The van der Waals surface area contributed by atoms with Gasteiger partial charge in [0.25, 0.3) is 0 Å². The fourth-order valence-electron chi connectivity index (χ4n) is 2.93. The van der Waals surface area contributed by atoms with E-state index in [-0.39, 0.29) is 18.1 Å². The summed E-state index contributed by atoms with van der Waals surface area (Å²) >= 11 is 0. The monoisotopic (exact) mass is 290 g/mol. The van der Waals surface area contributed by atoms with Gasteiger partial charge in [-0.25, -0.2) is 0 Å². The molecule has 0 bridgehead atoms. The summed E-state index contributed by atoms with van der Waals surface area (Å²) in [6.45, 7) is 6.70. The van der Waals surface area contributed by atoms with Gasteiger partial charge in [0, 0.05) is 7.11 Å². The summed E-state index contributed by atoms with van der Waals surface area (Å²) in [5, 5.41) is 3.53. The van der Waals surface area contributed by atoms with E-state index in [4.69, 9.17) is 4.74 Å². The summed E-state index contributed by atoms with van der Waals surface area (Å²) in [5.41, 5.74) is 0.624. The normalized spacial score (nSPS) is 27.1. The molecule has 4 heteroatoms. The van der Waals surface area contributed by atoms with Crippen LogP contribution in [0, 0.1) is 0 Å². The number of methoxy groups -OCH3 is 1. The number of nitrogens with zero attached hydrogens (tertiary/aromatic N) is 1. The van der Waals surface area contributed by atoms with Crippen molar-refractivity contribution >= 4 is 5.91 Å². The van der Waals surface area contributed by atoms with E-state index < -0.39 is 5.54 Å². The number of ether oxygens (including phenoxy) is 1. The van der Waals surface area contributed by atoms with E-state index in [2.05, 4.69) is 24.4 Å². The second kappa shape index (κ2) is 6.58. The quantitative estimate of drug-likeness (QED) is 0.876. The van der Waals surface area contributed by atoms with Crippen LogP contribution in [0.4, 0.5) is 0 Å². The van der Waals surface area contributed by atoms with Gasteiger partial charge in [0.2, 0.25) is 5.91 Å². The Kier molecular flexibility index (Phi) is 5.01. The summed E-state index contributed by atoms with van der Waals surface area (Å²) in [4.78, 5) is 14.9. The van der Waals surface area contributed by atoms with Gasteiger partial charge in [0.05, 0.1) is 18.2 Å².